The van der Waals surface area contributed by atoms with Gasteiger partial charge in [-0.15, -0.1) is 0 Å². The average molecular weight is 305 g/mol. The van der Waals surface area contributed by atoms with Crippen LogP contribution in [0.5, 0.6) is 0 Å². The van der Waals surface area contributed by atoms with E-state index in [1.165, 1.54) is 18.2 Å². The molecule has 2 rings (SSSR count). The molecule has 0 saturated carbocycles. The van der Waals surface area contributed by atoms with Crippen molar-refractivity contribution in [3.8, 4) is 0 Å². The molecule has 5 nitrogen and oxygen atoms in total. The fourth-order valence-corrected chi connectivity index (χ4v) is 3.71. The molecule has 19 heavy (non-hydrogen) atoms. The van der Waals surface area contributed by atoms with Gasteiger partial charge in [-0.2, -0.15) is 0 Å². The second-order valence-electron chi connectivity index (χ2n) is 4.64. The summed E-state index contributed by atoms with van der Waals surface area (Å²) in [6.45, 7) is 2.47. The zero-order valence-electron chi connectivity index (χ0n) is 10.6. The Morgan fingerprint density at radius 2 is 2.26 bits per heavy atom. The Hall–Kier alpha value is -0.820. The molecule has 0 amide bonds. The van der Waals surface area contributed by atoms with E-state index in [1.54, 1.807) is 6.92 Å². The van der Waals surface area contributed by atoms with E-state index in [-0.39, 0.29) is 22.7 Å². The van der Waals surface area contributed by atoms with Crippen molar-refractivity contribution in [3.63, 3.8) is 0 Å². The number of hydrogen-bond acceptors (Lipinski definition) is 4. The predicted octanol–water partition coefficient (Wildman–Crippen LogP) is 1.77. The molecule has 0 radical (unpaired) electrons. The van der Waals surface area contributed by atoms with Crippen LogP contribution in [0.1, 0.15) is 19.8 Å². The summed E-state index contributed by atoms with van der Waals surface area (Å²) in [6.07, 6.45) is 1.74. The van der Waals surface area contributed by atoms with E-state index in [0.717, 1.165) is 12.8 Å². The fraction of sp³-hybridized carbons (Fsp3) is 0.500. The largest absolute Gasteiger partial charge is 0.398 e. The standard InChI is InChI=1S/C12H17ClN2O3S/c1-8(11-3-2-6-18-11)15-19(16,17)12-5-4-9(13)7-10(12)14/h4-5,7-8,11,15H,2-3,6,14H2,1H3. The van der Waals surface area contributed by atoms with Crippen molar-refractivity contribution in [2.75, 3.05) is 12.3 Å². The Balaban J connectivity index is 2.17. The van der Waals surface area contributed by atoms with Crippen molar-refractivity contribution in [2.24, 2.45) is 0 Å². The van der Waals surface area contributed by atoms with E-state index in [9.17, 15) is 8.42 Å². The molecule has 106 valence electrons. The SMILES string of the molecule is CC(NS(=O)(=O)c1ccc(Cl)cc1N)C1CCCO1. The minimum atomic E-state index is -3.66. The highest BCUT2D eigenvalue weighted by Gasteiger charge is 2.27. The lowest BCUT2D eigenvalue weighted by Gasteiger charge is -2.20. The number of nitrogens with one attached hydrogen (secondary N) is 1. The number of nitrogen functional groups attached to an aromatic ring is 1. The summed E-state index contributed by atoms with van der Waals surface area (Å²) in [6, 6.07) is 4.04. The minimum Gasteiger partial charge on any atom is -0.398 e. The van der Waals surface area contributed by atoms with Gasteiger partial charge in [0.2, 0.25) is 10.0 Å². The lowest BCUT2D eigenvalue weighted by Crippen LogP contribution is -2.40. The molecule has 2 unspecified atom stereocenters. The molecule has 1 aromatic rings. The second-order valence-corrected chi connectivity index (χ2v) is 6.76. The van der Waals surface area contributed by atoms with Crippen molar-refractivity contribution in [1.82, 2.24) is 4.72 Å². The molecular formula is C12H17ClN2O3S. The highest BCUT2D eigenvalue weighted by Crippen LogP contribution is 2.23. The Morgan fingerprint density at radius 3 is 2.84 bits per heavy atom. The molecule has 1 saturated heterocycles. The van der Waals surface area contributed by atoms with Crippen LogP contribution in [0.4, 0.5) is 5.69 Å². The Morgan fingerprint density at radius 1 is 1.53 bits per heavy atom. The molecule has 1 aliphatic rings. The Labute approximate surface area is 118 Å². The van der Waals surface area contributed by atoms with Crippen LogP contribution in [0.2, 0.25) is 5.02 Å². The van der Waals surface area contributed by atoms with Crippen molar-refractivity contribution in [2.45, 2.75) is 36.8 Å². The van der Waals surface area contributed by atoms with Crippen molar-refractivity contribution in [1.29, 1.82) is 0 Å². The molecule has 0 spiro atoms. The molecule has 1 heterocycles. The van der Waals surface area contributed by atoms with Crippen LogP contribution in [-0.2, 0) is 14.8 Å². The number of ether oxygens (including phenoxy) is 1. The smallest absolute Gasteiger partial charge is 0.242 e. The average Bonchev–Trinajstić information content (AvgIpc) is 2.80. The topological polar surface area (TPSA) is 81.4 Å². The molecule has 0 aliphatic carbocycles. The van der Waals surface area contributed by atoms with Gasteiger partial charge in [0.15, 0.2) is 0 Å². The molecule has 3 N–H and O–H groups in total. The van der Waals surface area contributed by atoms with E-state index in [2.05, 4.69) is 4.72 Å². The Kier molecular flexibility index (Phi) is 4.35. The van der Waals surface area contributed by atoms with Crippen molar-refractivity contribution in [3.05, 3.63) is 23.2 Å². The molecule has 1 fully saturated rings. The van der Waals surface area contributed by atoms with Gasteiger partial charge in [-0.1, -0.05) is 11.6 Å². The monoisotopic (exact) mass is 304 g/mol. The van der Waals surface area contributed by atoms with Gasteiger partial charge >= 0.3 is 0 Å². The van der Waals surface area contributed by atoms with E-state index in [4.69, 9.17) is 22.1 Å². The predicted molar refractivity (Wildman–Crippen MR) is 74.6 cm³/mol. The number of sulfonamides is 1. The third-order valence-electron chi connectivity index (χ3n) is 3.12. The Bertz CT molecular complexity index is 556. The van der Waals surface area contributed by atoms with E-state index >= 15 is 0 Å². The molecule has 1 aliphatic heterocycles. The number of anilines is 1. The molecule has 7 heteroatoms. The maximum Gasteiger partial charge on any atom is 0.242 e. The van der Waals surface area contributed by atoms with E-state index < -0.39 is 10.0 Å². The number of halogens is 1. The van der Waals surface area contributed by atoms with Gasteiger partial charge in [-0.05, 0) is 38.0 Å². The van der Waals surface area contributed by atoms with Gasteiger partial charge in [0.05, 0.1) is 11.8 Å². The first-order valence-electron chi connectivity index (χ1n) is 6.09. The van der Waals surface area contributed by atoms with E-state index in [1.807, 2.05) is 0 Å². The summed E-state index contributed by atoms with van der Waals surface area (Å²) in [4.78, 5) is 0.0433. The quantitative estimate of drug-likeness (QED) is 0.831. The zero-order valence-corrected chi connectivity index (χ0v) is 12.2. The highest BCUT2D eigenvalue weighted by molar-refractivity contribution is 7.89. The van der Waals surface area contributed by atoms with Crippen LogP contribution in [0.3, 0.4) is 0 Å². The summed E-state index contributed by atoms with van der Waals surface area (Å²) in [7, 11) is -3.66. The van der Waals surface area contributed by atoms with Gasteiger partial charge in [0.1, 0.15) is 4.90 Å². The molecular weight excluding hydrogens is 288 g/mol. The summed E-state index contributed by atoms with van der Waals surface area (Å²) >= 11 is 5.76. The summed E-state index contributed by atoms with van der Waals surface area (Å²) in [5.41, 5.74) is 5.84. The van der Waals surface area contributed by atoms with Crippen molar-refractivity contribution >= 4 is 27.3 Å². The number of rotatable bonds is 4. The minimum absolute atomic E-state index is 0.0433. The first kappa shape index (κ1) is 14.6. The lowest BCUT2D eigenvalue weighted by molar-refractivity contribution is 0.0902. The number of benzene rings is 1. The van der Waals surface area contributed by atoms with Gasteiger partial charge in [-0.3, -0.25) is 0 Å². The highest BCUT2D eigenvalue weighted by atomic mass is 35.5. The third kappa shape index (κ3) is 3.39. The van der Waals surface area contributed by atoms with Gasteiger partial charge < -0.3 is 10.5 Å². The lowest BCUT2D eigenvalue weighted by atomic mass is 10.1. The summed E-state index contributed by atoms with van der Waals surface area (Å²) in [5, 5.41) is 0.406. The zero-order chi connectivity index (χ0) is 14.0. The molecule has 1 aromatic carbocycles. The number of hydrogen-bond donors (Lipinski definition) is 2. The van der Waals surface area contributed by atoms with Gasteiger partial charge in [0.25, 0.3) is 0 Å². The van der Waals surface area contributed by atoms with Crippen LogP contribution >= 0.6 is 11.6 Å². The van der Waals surface area contributed by atoms with E-state index in [0.29, 0.717) is 11.6 Å². The third-order valence-corrected chi connectivity index (χ3v) is 4.99. The molecule has 2 atom stereocenters. The number of nitrogens with two attached hydrogens (primary N) is 1. The van der Waals surface area contributed by atoms with Crippen LogP contribution < -0.4 is 10.5 Å². The van der Waals surface area contributed by atoms with Crippen LogP contribution in [0, 0.1) is 0 Å². The molecule has 0 bridgehead atoms. The second kappa shape index (κ2) is 5.66. The van der Waals surface area contributed by atoms with Crippen LogP contribution in [-0.4, -0.2) is 27.2 Å². The van der Waals surface area contributed by atoms with Gasteiger partial charge in [-0.25, -0.2) is 13.1 Å². The van der Waals surface area contributed by atoms with Gasteiger partial charge in [0, 0.05) is 17.7 Å². The fourth-order valence-electron chi connectivity index (χ4n) is 2.15. The van der Waals surface area contributed by atoms with Crippen molar-refractivity contribution < 1.29 is 13.2 Å². The molecule has 0 aromatic heterocycles. The summed E-state index contributed by atoms with van der Waals surface area (Å²) < 4.78 is 32.5. The maximum atomic E-state index is 12.2. The maximum absolute atomic E-state index is 12.2. The van der Waals surface area contributed by atoms with Crippen LogP contribution in [0.25, 0.3) is 0 Å². The summed E-state index contributed by atoms with van der Waals surface area (Å²) in [5.74, 6) is 0. The first-order valence-corrected chi connectivity index (χ1v) is 7.95. The van der Waals surface area contributed by atoms with Crippen LogP contribution in [0.15, 0.2) is 23.1 Å². The normalized spacial score (nSPS) is 21.5. The first-order chi connectivity index (χ1) is 8.90.